The molecule has 2 atom stereocenters. The molecule has 2 aliphatic heterocycles. The van der Waals surface area contributed by atoms with Gasteiger partial charge in [-0.1, -0.05) is 37.0 Å². The minimum absolute atomic E-state index is 0.104. The van der Waals surface area contributed by atoms with Crippen molar-refractivity contribution in [2.75, 3.05) is 39.4 Å². The van der Waals surface area contributed by atoms with Crippen LogP contribution in [0.15, 0.2) is 18.2 Å². The summed E-state index contributed by atoms with van der Waals surface area (Å²) in [7, 11) is 0. The summed E-state index contributed by atoms with van der Waals surface area (Å²) in [6, 6.07) is 4.59. The van der Waals surface area contributed by atoms with Crippen LogP contribution in [0.25, 0.3) is 0 Å². The van der Waals surface area contributed by atoms with Gasteiger partial charge in [0.1, 0.15) is 6.04 Å². The van der Waals surface area contributed by atoms with E-state index >= 15 is 0 Å². The van der Waals surface area contributed by atoms with Crippen LogP contribution in [0.3, 0.4) is 0 Å². The molecule has 3 rings (SSSR count). The fourth-order valence-corrected chi connectivity index (χ4v) is 4.49. The maximum absolute atomic E-state index is 13.0. The molecule has 2 saturated heterocycles. The average Bonchev–Trinajstić information content (AvgIpc) is 3.20. The van der Waals surface area contributed by atoms with E-state index in [0.29, 0.717) is 41.0 Å². The lowest BCUT2D eigenvalue weighted by Crippen LogP contribution is -2.53. The topological polar surface area (TPSA) is 61.9 Å². The standard InChI is InChI=1S/C21H29Cl2N3O3/c1-14(2)19(25-8-10-29-11-9-25)13-24-20(27)18-4-3-7-26(18)21(28)16-12-15(22)5-6-17(16)23/h5-6,12,14,18-19H,3-4,7-11,13H2,1-2H3,(H,24,27). The SMILES string of the molecule is CC(C)C(CNC(=O)C1CCCN1C(=O)c1cc(Cl)ccc1Cl)N1CCOCC1. The molecule has 0 aliphatic carbocycles. The smallest absolute Gasteiger partial charge is 0.256 e. The Morgan fingerprint density at radius 3 is 2.62 bits per heavy atom. The number of morpholine rings is 1. The Kier molecular flexibility index (Phi) is 7.79. The highest BCUT2D eigenvalue weighted by Crippen LogP contribution is 2.26. The molecule has 2 amide bonds. The van der Waals surface area contributed by atoms with Crippen molar-refractivity contribution in [3.05, 3.63) is 33.8 Å². The lowest BCUT2D eigenvalue weighted by atomic mass is 10.0. The Balaban J connectivity index is 1.64. The summed E-state index contributed by atoms with van der Waals surface area (Å²) in [5, 5.41) is 3.88. The first-order valence-electron chi connectivity index (χ1n) is 10.2. The van der Waals surface area contributed by atoms with Crippen molar-refractivity contribution in [3.8, 4) is 0 Å². The van der Waals surface area contributed by atoms with E-state index in [0.717, 1.165) is 32.7 Å². The van der Waals surface area contributed by atoms with Gasteiger partial charge in [-0.2, -0.15) is 0 Å². The summed E-state index contributed by atoms with van der Waals surface area (Å²) < 4.78 is 5.44. The van der Waals surface area contributed by atoms with E-state index in [-0.39, 0.29) is 17.9 Å². The fraction of sp³-hybridized carbons (Fsp3) is 0.619. The molecule has 160 valence electrons. The Hall–Kier alpha value is -1.34. The molecule has 1 N–H and O–H groups in total. The van der Waals surface area contributed by atoms with Gasteiger partial charge >= 0.3 is 0 Å². The quantitative estimate of drug-likeness (QED) is 0.736. The summed E-state index contributed by atoms with van der Waals surface area (Å²) in [4.78, 5) is 29.9. The second kappa shape index (κ2) is 10.1. The van der Waals surface area contributed by atoms with E-state index < -0.39 is 6.04 Å². The molecular weight excluding hydrogens is 413 g/mol. The molecule has 0 spiro atoms. The summed E-state index contributed by atoms with van der Waals surface area (Å²) in [5.74, 6) is 0.0524. The van der Waals surface area contributed by atoms with Gasteiger partial charge in [0.2, 0.25) is 5.91 Å². The van der Waals surface area contributed by atoms with E-state index in [2.05, 4.69) is 24.1 Å². The predicted molar refractivity (Wildman–Crippen MR) is 115 cm³/mol. The minimum Gasteiger partial charge on any atom is -0.379 e. The number of amides is 2. The molecule has 2 unspecified atom stereocenters. The van der Waals surface area contributed by atoms with Crippen molar-refractivity contribution in [3.63, 3.8) is 0 Å². The highest BCUT2D eigenvalue weighted by atomic mass is 35.5. The second-order valence-electron chi connectivity index (χ2n) is 7.99. The number of nitrogens with zero attached hydrogens (tertiary/aromatic N) is 2. The van der Waals surface area contributed by atoms with Gasteiger partial charge in [0, 0.05) is 37.2 Å². The van der Waals surface area contributed by atoms with E-state index in [1.165, 1.54) is 0 Å². The van der Waals surface area contributed by atoms with Crippen molar-refractivity contribution in [2.45, 2.75) is 38.8 Å². The van der Waals surface area contributed by atoms with E-state index in [1.807, 2.05) is 0 Å². The average molecular weight is 442 g/mol. The van der Waals surface area contributed by atoms with Gasteiger partial charge in [0.05, 0.1) is 23.8 Å². The number of carbonyl (C=O) groups excluding carboxylic acids is 2. The zero-order chi connectivity index (χ0) is 21.0. The monoisotopic (exact) mass is 441 g/mol. The van der Waals surface area contributed by atoms with Crippen LogP contribution in [0.5, 0.6) is 0 Å². The third-order valence-corrected chi connectivity index (χ3v) is 6.31. The van der Waals surface area contributed by atoms with Crippen LogP contribution in [0, 0.1) is 5.92 Å². The number of benzene rings is 1. The number of ether oxygens (including phenoxy) is 1. The molecule has 1 aromatic rings. The predicted octanol–water partition coefficient (Wildman–Crippen LogP) is 3.07. The number of nitrogens with one attached hydrogen (secondary N) is 1. The Labute approximate surface area is 182 Å². The highest BCUT2D eigenvalue weighted by Gasteiger charge is 2.36. The third-order valence-electron chi connectivity index (χ3n) is 5.74. The van der Waals surface area contributed by atoms with Crippen molar-refractivity contribution >= 4 is 35.0 Å². The number of rotatable bonds is 6. The lowest BCUT2D eigenvalue weighted by molar-refractivity contribution is -0.125. The maximum atomic E-state index is 13.0. The van der Waals surface area contributed by atoms with Crippen molar-refractivity contribution in [1.82, 2.24) is 15.1 Å². The molecule has 0 bridgehead atoms. The van der Waals surface area contributed by atoms with Crippen LogP contribution in [0.2, 0.25) is 10.0 Å². The molecule has 8 heteroatoms. The van der Waals surface area contributed by atoms with Gasteiger partial charge in [-0.05, 0) is 37.0 Å². The Bertz CT molecular complexity index is 738. The van der Waals surface area contributed by atoms with Crippen LogP contribution in [-0.4, -0.2) is 73.1 Å². The van der Waals surface area contributed by atoms with Crippen LogP contribution < -0.4 is 5.32 Å². The van der Waals surface area contributed by atoms with Gasteiger partial charge in [-0.15, -0.1) is 0 Å². The molecule has 1 aromatic carbocycles. The third kappa shape index (κ3) is 5.43. The zero-order valence-corrected chi connectivity index (χ0v) is 18.5. The lowest BCUT2D eigenvalue weighted by Gasteiger charge is -2.37. The zero-order valence-electron chi connectivity index (χ0n) is 17.0. The first-order valence-corrected chi connectivity index (χ1v) is 11.0. The van der Waals surface area contributed by atoms with Gasteiger partial charge < -0.3 is 15.0 Å². The summed E-state index contributed by atoms with van der Waals surface area (Å²) in [6.45, 7) is 8.63. The van der Waals surface area contributed by atoms with E-state index in [9.17, 15) is 9.59 Å². The number of halogens is 2. The molecule has 2 aliphatic rings. The van der Waals surface area contributed by atoms with Crippen molar-refractivity contribution < 1.29 is 14.3 Å². The van der Waals surface area contributed by atoms with Crippen LogP contribution in [-0.2, 0) is 9.53 Å². The number of hydrogen-bond acceptors (Lipinski definition) is 4. The normalized spacial score (nSPS) is 21.4. The van der Waals surface area contributed by atoms with E-state index in [4.69, 9.17) is 27.9 Å². The molecule has 2 fully saturated rings. The molecule has 6 nitrogen and oxygen atoms in total. The Morgan fingerprint density at radius 1 is 1.21 bits per heavy atom. The number of hydrogen-bond donors (Lipinski definition) is 1. The first-order chi connectivity index (χ1) is 13.9. The highest BCUT2D eigenvalue weighted by molar-refractivity contribution is 6.35. The summed E-state index contributed by atoms with van der Waals surface area (Å²) in [6.07, 6.45) is 1.44. The maximum Gasteiger partial charge on any atom is 0.256 e. The fourth-order valence-electron chi connectivity index (χ4n) is 4.12. The molecule has 2 heterocycles. The van der Waals surface area contributed by atoms with Gasteiger partial charge in [-0.3, -0.25) is 14.5 Å². The first kappa shape index (κ1) is 22.3. The van der Waals surface area contributed by atoms with Crippen molar-refractivity contribution in [1.29, 1.82) is 0 Å². The van der Waals surface area contributed by atoms with Gasteiger partial charge in [0.15, 0.2) is 0 Å². The molecule has 29 heavy (non-hydrogen) atoms. The van der Waals surface area contributed by atoms with Crippen LogP contribution in [0.1, 0.15) is 37.0 Å². The largest absolute Gasteiger partial charge is 0.379 e. The number of likely N-dealkylation sites (tertiary alicyclic amines) is 1. The van der Waals surface area contributed by atoms with E-state index in [1.54, 1.807) is 23.1 Å². The second-order valence-corrected chi connectivity index (χ2v) is 8.83. The van der Waals surface area contributed by atoms with Gasteiger partial charge in [0.25, 0.3) is 5.91 Å². The Morgan fingerprint density at radius 2 is 1.93 bits per heavy atom. The summed E-state index contributed by atoms with van der Waals surface area (Å²) in [5.41, 5.74) is 0.340. The van der Waals surface area contributed by atoms with Gasteiger partial charge in [-0.25, -0.2) is 0 Å². The molecular formula is C21H29Cl2N3O3. The molecule has 0 radical (unpaired) electrons. The van der Waals surface area contributed by atoms with Crippen LogP contribution in [0.4, 0.5) is 0 Å². The minimum atomic E-state index is -0.477. The van der Waals surface area contributed by atoms with Crippen LogP contribution >= 0.6 is 23.2 Å². The van der Waals surface area contributed by atoms with Crippen molar-refractivity contribution in [2.24, 2.45) is 5.92 Å². The summed E-state index contributed by atoms with van der Waals surface area (Å²) >= 11 is 12.2. The molecule has 0 saturated carbocycles. The molecule has 0 aromatic heterocycles. The number of carbonyl (C=O) groups is 2.